The maximum Gasteiger partial charge on any atom is 0.318 e. The number of carbonyl (C=O) groups is 2. The van der Waals surface area contributed by atoms with Gasteiger partial charge in [-0.2, -0.15) is 0 Å². The van der Waals surface area contributed by atoms with Crippen LogP contribution in [0.25, 0.3) is 0 Å². The molecule has 7 nitrogen and oxygen atoms in total. The molecule has 1 aromatic heterocycles. The molecule has 2 aliphatic rings. The SMILES string of the molecule is CCOC(=O)CC1(NC(=O)N2CCC[C@H]2c2cc(C)on2)CCCCC1. The molecule has 0 radical (unpaired) electrons. The number of carbonyl (C=O) groups excluding carboxylic acids is 2. The molecule has 1 aliphatic heterocycles. The van der Waals surface area contributed by atoms with Gasteiger partial charge in [0.2, 0.25) is 0 Å². The number of aromatic nitrogens is 1. The van der Waals surface area contributed by atoms with Gasteiger partial charge in [0.25, 0.3) is 0 Å². The van der Waals surface area contributed by atoms with Gasteiger partial charge < -0.3 is 19.5 Å². The monoisotopic (exact) mass is 363 g/mol. The summed E-state index contributed by atoms with van der Waals surface area (Å²) in [4.78, 5) is 27.0. The molecular weight excluding hydrogens is 334 g/mol. The molecule has 1 saturated heterocycles. The van der Waals surface area contributed by atoms with E-state index in [0.717, 1.165) is 56.4 Å². The number of hydrogen-bond donors (Lipinski definition) is 1. The van der Waals surface area contributed by atoms with Crippen LogP contribution < -0.4 is 5.32 Å². The fraction of sp³-hybridized carbons (Fsp3) is 0.737. The first-order valence-electron chi connectivity index (χ1n) is 9.70. The minimum Gasteiger partial charge on any atom is -0.466 e. The van der Waals surface area contributed by atoms with Crippen LogP contribution in [0.5, 0.6) is 0 Å². The number of hydrogen-bond acceptors (Lipinski definition) is 5. The van der Waals surface area contributed by atoms with E-state index in [2.05, 4.69) is 10.5 Å². The van der Waals surface area contributed by atoms with Gasteiger partial charge in [-0.25, -0.2) is 4.79 Å². The lowest BCUT2D eigenvalue weighted by atomic mass is 9.79. The topological polar surface area (TPSA) is 84.7 Å². The highest BCUT2D eigenvalue weighted by molar-refractivity contribution is 5.78. The van der Waals surface area contributed by atoms with Gasteiger partial charge in [0.1, 0.15) is 11.5 Å². The second-order valence-corrected chi connectivity index (χ2v) is 7.47. The molecule has 2 heterocycles. The van der Waals surface area contributed by atoms with Crippen molar-refractivity contribution in [2.75, 3.05) is 13.2 Å². The summed E-state index contributed by atoms with van der Waals surface area (Å²) in [6.45, 7) is 4.71. The Morgan fingerprint density at radius 1 is 1.35 bits per heavy atom. The van der Waals surface area contributed by atoms with E-state index >= 15 is 0 Å². The van der Waals surface area contributed by atoms with Gasteiger partial charge in [-0.3, -0.25) is 4.79 Å². The summed E-state index contributed by atoms with van der Waals surface area (Å²) in [7, 11) is 0. The molecule has 1 atom stereocenters. The minimum atomic E-state index is -0.492. The fourth-order valence-electron chi connectivity index (χ4n) is 4.22. The van der Waals surface area contributed by atoms with Crippen molar-refractivity contribution in [1.29, 1.82) is 0 Å². The number of esters is 1. The number of nitrogens with one attached hydrogen (secondary N) is 1. The molecule has 0 spiro atoms. The van der Waals surface area contributed by atoms with Crippen LogP contribution in [0, 0.1) is 6.92 Å². The Morgan fingerprint density at radius 3 is 2.77 bits per heavy atom. The molecule has 7 heteroatoms. The number of amides is 2. The highest BCUT2D eigenvalue weighted by atomic mass is 16.5. The maximum atomic E-state index is 13.1. The quantitative estimate of drug-likeness (QED) is 0.810. The Kier molecular flexibility index (Phi) is 5.84. The highest BCUT2D eigenvalue weighted by Crippen LogP contribution is 2.35. The number of rotatable bonds is 5. The molecule has 2 fully saturated rings. The van der Waals surface area contributed by atoms with E-state index in [1.54, 1.807) is 6.92 Å². The van der Waals surface area contributed by atoms with Gasteiger partial charge >= 0.3 is 12.0 Å². The summed E-state index contributed by atoms with van der Waals surface area (Å²) in [6.07, 6.45) is 6.88. The van der Waals surface area contributed by atoms with Crippen molar-refractivity contribution in [2.24, 2.45) is 0 Å². The first kappa shape index (κ1) is 18.7. The molecule has 0 aromatic carbocycles. The normalized spacial score (nSPS) is 22.2. The number of ether oxygens (including phenoxy) is 1. The molecule has 0 bridgehead atoms. The number of nitrogens with zero attached hydrogens (tertiary/aromatic N) is 2. The first-order chi connectivity index (χ1) is 12.5. The lowest BCUT2D eigenvalue weighted by molar-refractivity contribution is -0.145. The molecule has 1 aliphatic carbocycles. The van der Waals surface area contributed by atoms with Crippen LogP contribution in [0.4, 0.5) is 4.79 Å². The van der Waals surface area contributed by atoms with Crippen molar-refractivity contribution in [3.8, 4) is 0 Å². The summed E-state index contributed by atoms with van der Waals surface area (Å²) >= 11 is 0. The van der Waals surface area contributed by atoms with E-state index in [1.165, 1.54) is 0 Å². The smallest absolute Gasteiger partial charge is 0.318 e. The average Bonchev–Trinajstić information content (AvgIpc) is 3.24. The van der Waals surface area contributed by atoms with E-state index in [9.17, 15) is 9.59 Å². The summed E-state index contributed by atoms with van der Waals surface area (Å²) in [6, 6.07) is 1.72. The third-order valence-corrected chi connectivity index (χ3v) is 5.47. The van der Waals surface area contributed by atoms with Crippen molar-refractivity contribution >= 4 is 12.0 Å². The zero-order chi connectivity index (χ0) is 18.6. The van der Waals surface area contributed by atoms with Crippen molar-refractivity contribution in [1.82, 2.24) is 15.4 Å². The van der Waals surface area contributed by atoms with E-state index in [4.69, 9.17) is 9.26 Å². The molecule has 1 aromatic rings. The first-order valence-corrected chi connectivity index (χ1v) is 9.70. The summed E-state index contributed by atoms with van der Waals surface area (Å²) in [5.41, 5.74) is 0.312. The molecule has 144 valence electrons. The second kappa shape index (κ2) is 8.10. The molecule has 0 unspecified atom stereocenters. The lowest BCUT2D eigenvalue weighted by Gasteiger charge is -2.39. The highest BCUT2D eigenvalue weighted by Gasteiger charge is 2.40. The van der Waals surface area contributed by atoms with E-state index in [-0.39, 0.29) is 24.5 Å². The van der Waals surface area contributed by atoms with Gasteiger partial charge in [0, 0.05) is 12.6 Å². The van der Waals surface area contributed by atoms with Crippen LogP contribution in [0.15, 0.2) is 10.6 Å². The molecule has 3 rings (SSSR count). The van der Waals surface area contributed by atoms with Crippen LogP contribution in [-0.4, -0.2) is 40.7 Å². The Morgan fingerprint density at radius 2 is 2.12 bits per heavy atom. The molecular formula is C19H29N3O4. The van der Waals surface area contributed by atoms with Crippen LogP contribution in [0.3, 0.4) is 0 Å². The van der Waals surface area contributed by atoms with Crippen molar-refractivity contribution in [3.05, 3.63) is 17.5 Å². The number of urea groups is 1. The fourth-order valence-corrected chi connectivity index (χ4v) is 4.22. The standard InChI is InChI=1S/C19H29N3O4/c1-3-25-17(23)13-19(9-5-4-6-10-19)20-18(24)22-11-7-8-16(22)15-12-14(2)26-21-15/h12,16H,3-11,13H2,1-2H3,(H,20,24)/t16-/m0/s1. The second-order valence-electron chi connectivity index (χ2n) is 7.47. The zero-order valence-electron chi connectivity index (χ0n) is 15.8. The summed E-state index contributed by atoms with van der Waals surface area (Å²) < 4.78 is 10.3. The molecule has 1 saturated carbocycles. The zero-order valence-corrected chi connectivity index (χ0v) is 15.8. The van der Waals surface area contributed by atoms with Crippen LogP contribution in [0.1, 0.15) is 75.8 Å². The Labute approximate surface area is 154 Å². The van der Waals surface area contributed by atoms with Gasteiger partial charge in [-0.05, 0) is 39.5 Å². The van der Waals surface area contributed by atoms with Crippen LogP contribution >= 0.6 is 0 Å². The van der Waals surface area contributed by atoms with Crippen molar-refractivity contribution < 1.29 is 18.8 Å². The molecule has 1 N–H and O–H groups in total. The third kappa shape index (κ3) is 4.19. The minimum absolute atomic E-state index is 0.0596. The van der Waals surface area contributed by atoms with Crippen LogP contribution in [0.2, 0.25) is 0 Å². The Balaban J connectivity index is 1.71. The van der Waals surface area contributed by atoms with E-state index in [0.29, 0.717) is 13.2 Å². The largest absolute Gasteiger partial charge is 0.466 e. The van der Waals surface area contributed by atoms with Crippen molar-refractivity contribution in [3.63, 3.8) is 0 Å². The predicted octanol–water partition coefficient (Wildman–Crippen LogP) is 3.49. The predicted molar refractivity (Wildman–Crippen MR) is 95.5 cm³/mol. The Hall–Kier alpha value is -2.05. The molecule has 26 heavy (non-hydrogen) atoms. The van der Waals surface area contributed by atoms with Gasteiger partial charge in [-0.15, -0.1) is 0 Å². The third-order valence-electron chi connectivity index (χ3n) is 5.47. The Bertz CT molecular complexity index is 636. The average molecular weight is 363 g/mol. The summed E-state index contributed by atoms with van der Waals surface area (Å²) in [5, 5.41) is 7.29. The maximum absolute atomic E-state index is 13.1. The van der Waals surface area contributed by atoms with Gasteiger partial charge in [-0.1, -0.05) is 24.4 Å². The van der Waals surface area contributed by atoms with E-state index < -0.39 is 5.54 Å². The number of likely N-dealkylation sites (tertiary alicyclic amines) is 1. The van der Waals surface area contributed by atoms with Crippen LogP contribution in [-0.2, 0) is 9.53 Å². The van der Waals surface area contributed by atoms with Crippen molar-refractivity contribution in [2.45, 2.75) is 76.8 Å². The molecule has 2 amide bonds. The number of aryl methyl sites for hydroxylation is 1. The van der Waals surface area contributed by atoms with E-state index in [1.807, 2.05) is 17.9 Å². The lowest BCUT2D eigenvalue weighted by Crippen LogP contribution is -2.55. The summed E-state index contributed by atoms with van der Waals surface area (Å²) in [5.74, 6) is 0.512. The van der Waals surface area contributed by atoms with Gasteiger partial charge in [0.05, 0.1) is 24.6 Å². The van der Waals surface area contributed by atoms with Gasteiger partial charge in [0.15, 0.2) is 0 Å².